The van der Waals surface area contributed by atoms with Gasteiger partial charge in [-0.15, -0.1) is 0 Å². The van der Waals surface area contributed by atoms with Crippen LogP contribution in [0.5, 0.6) is 0 Å². The van der Waals surface area contributed by atoms with Crippen molar-refractivity contribution in [2.45, 2.75) is 19.4 Å². The lowest BCUT2D eigenvalue weighted by atomic mass is 10.0. The minimum absolute atomic E-state index is 0.0582. The van der Waals surface area contributed by atoms with Gasteiger partial charge in [0.25, 0.3) is 0 Å². The number of hydrogen-bond donors (Lipinski definition) is 1. The van der Waals surface area contributed by atoms with Crippen molar-refractivity contribution >= 4 is 11.4 Å². The standard InChI is InChI=1S/C16H18F2N2/c1-11(19)9-12-10-14(18)5-8-16(12)20(2)15-6-3-13(17)4-7-15/h3-8,10-11H,9,19H2,1-2H3. The number of benzene rings is 2. The fraction of sp³-hybridized carbons (Fsp3) is 0.250. The van der Waals surface area contributed by atoms with E-state index in [1.165, 1.54) is 24.3 Å². The third kappa shape index (κ3) is 3.33. The molecule has 2 aromatic carbocycles. The molecule has 4 heteroatoms. The highest BCUT2D eigenvalue weighted by atomic mass is 19.1. The molecule has 2 aromatic rings. The number of hydrogen-bond acceptors (Lipinski definition) is 2. The van der Waals surface area contributed by atoms with E-state index in [1.54, 1.807) is 18.2 Å². The Labute approximate surface area is 117 Å². The van der Waals surface area contributed by atoms with Gasteiger partial charge in [-0.1, -0.05) is 0 Å². The Morgan fingerprint density at radius 1 is 1.05 bits per heavy atom. The summed E-state index contributed by atoms with van der Waals surface area (Å²) in [6.07, 6.45) is 0.582. The first-order valence-corrected chi connectivity index (χ1v) is 6.50. The van der Waals surface area contributed by atoms with Crippen molar-refractivity contribution in [3.63, 3.8) is 0 Å². The molecule has 0 heterocycles. The summed E-state index contributed by atoms with van der Waals surface area (Å²) in [5, 5.41) is 0. The summed E-state index contributed by atoms with van der Waals surface area (Å²) < 4.78 is 26.4. The largest absolute Gasteiger partial charge is 0.344 e. The van der Waals surface area contributed by atoms with Gasteiger partial charge in [-0.25, -0.2) is 8.78 Å². The van der Waals surface area contributed by atoms with E-state index in [9.17, 15) is 8.78 Å². The molecule has 0 saturated heterocycles. The second-order valence-electron chi connectivity index (χ2n) is 4.99. The van der Waals surface area contributed by atoms with Crippen molar-refractivity contribution in [3.05, 3.63) is 59.7 Å². The second kappa shape index (κ2) is 6.01. The first-order chi connectivity index (χ1) is 9.47. The Balaban J connectivity index is 2.37. The molecule has 20 heavy (non-hydrogen) atoms. The molecule has 0 spiro atoms. The number of rotatable bonds is 4. The van der Waals surface area contributed by atoms with Crippen molar-refractivity contribution in [3.8, 4) is 0 Å². The van der Waals surface area contributed by atoms with E-state index >= 15 is 0 Å². The van der Waals surface area contributed by atoms with Gasteiger partial charge in [0.05, 0.1) is 0 Å². The first kappa shape index (κ1) is 14.5. The average molecular weight is 276 g/mol. The Morgan fingerprint density at radius 3 is 2.25 bits per heavy atom. The molecule has 0 aliphatic heterocycles. The van der Waals surface area contributed by atoms with Crippen LogP contribution in [0.2, 0.25) is 0 Å². The quantitative estimate of drug-likeness (QED) is 0.924. The van der Waals surface area contributed by atoms with Crippen LogP contribution < -0.4 is 10.6 Å². The van der Waals surface area contributed by atoms with E-state index in [0.29, 0.717) is 6.42 Å². The molecule has 0 amide bonds. The molecule has 0 saturated carbocycles. The molecule has 1 unspecified atom stereocenters. The Kier molecular flexibility index (Phi) is 4.35. The van der Waals surface area contributed by atoms with Crippen LogP contribution in [-0.4, -0.2) is 13.1 Å². The average Bonchev–Trinajstić information content (AvgIpc) is 2.38. The number of nitrogens with zero attached hydrogens (tertiary/aromatic N) is 1. The minimum Gasteiger partial charge on any atom is -0.344 e. The molecule has 2 rings (SSSR count). The molecule has 1 atom stereocenters. The zero-order valence-corrected chi connectivity index (χ0v) is 11.6. The Hall–Kier alpha value is -1.94. The summed E-state index contributed by atoms with van der Waals surface area (Å²) in [4.78, 5) is 1.90. The van der Waals surface area contributed by atoms with E-state index in [2.05, 4.69) is 0 Å². The zero-order chi connectivity index (χ0) is 14.7. The molecule has 0 bridgehead atoms. The second-order valence-corrected chi connectivity index (χ2v) is 4.99. The summed E-state index contributed by atoms with van der Waals surface area (Å²) in [6.45, 7) is 1.88. The molecule has 0 radical (unpaired) electrons. The van der Waals surface area contributed by atoms with Gasteiger partial charge in [0.15, 0.2) is 0 Å². The molecule has 2 nitrogen and oxygen atoms in total. The third-order valence-electron chi connectivity index (χ3n) is 3.16. The summed E-state index contributed by atoms with van der Waals surface area (Å²) >= 11 is 0. The zero-order valence-electron chi connectivity index (χ0n) is 11.6. The number of anilines is 2. The lowest BCUT2D eigenvalue weighted by molar-refractivity contribution is 0.622. The fourth-order valence-corrected chi connectivity index (χ4v) is 2.20. The van der Waals surface area contributed by atoms with Gasteiger partial charge in [-0.2, -0.15) is 0 Å². The Morgan fingerprint density at radius 2 is 1.65 bits per heavy atom. The SMILES string of the molecule is CC(N)Cc1cc(F)ccc1N(C)c1ccc(F)cc1. The van der Waals surface area contributed by atoms with Gasteiger partial charge in [-0.05, 0) is 61.4 Å². The lowest BCUT2D eigenvalue weighted by Gasteiger charge is -2.23. The van der Waals surface area contributed by atoms with Crippen LogP contribution in [-0.2, 0) is 6.42 Å². The lowest BCUT2D eigenvalue weighted by Crippen LogP contribution is -2.20. The molecular weight excluding hydrogens is 258 g/mol. The highest BCUT2D eigenvalue weighted by Crippen LogP contribution is 2.28. The van der Waals surface area contributed by atoms with Crippen LogP contribution in [0.25, 0.3) is 0 Å². The summed E-state index contributed by atoms with van der Waals surface area (Å²) in [6, 6.07) is 10.8. The molecular formula is C16H18F2N2. The van der Waals surface area contributed by atoms with E-state index in [1.807, 2.05) is 18.9 Å². The van der Waals surface area contributed by atoms with E-state index in [-0.39, 0.29) is 17.7 Å². The van der Waals surface area contributed by atoms with Crippen molar-refractivity contribution in [1.29, 1.82) is 0 Å². The van der Waals surface area contributed by atoms with Crippen LogP contribution in [0.1, 0.15) is 12.5 Å². The first-order valence-electron chi connectivity index (χ1n) is 6.50. The molecule has 106 valence electrons. The van der Waals surface area contributed by atoms with Gasteiger partial charge < -0.3 is 10.6 Å². The van der Waals surface area contributed by atoms with Crippen LogP contribution in [0.3, 0.4) is 0 Å². The Bertz CT molecular complexity index is 580. The predicted octanol–water partition coefficient (Wildman–Crippen LogP) is 3.62. The number of halogens is 2. The van der Waals surface area contributed by atoms with Crippen LogP contribution in [0.15, 0.2) is 42.5 Å². The molecule has 0 aliphatic rings. The smallest absolute Gasteiger partial charge is 0.123 e. The van der Waals surface area contributed by atoms with Crippen molar-refractivity contribution in [2.75, 3.05) is 11.9 Å². The minimum atomic E-state index is -0.281. The maximum Gasteiger partial charge on any atom is 0.123 e. The van der Waals surface area contributed by atoms with Gasteiger partial charge in [-0.3, -0.25) is 0 Å². The normalized spacial score (nSPS) is 12.2. The summed E-state index contributed by atoms with van der Waals surface area (Å²) in [5.74, 6) is -0.561. The summed E-state index contributed by atoms with van der Waals surface area (Å²) in [5.41, 5.74) is 8.36. The maximum absolute atomic E-state index is 13.4. The van der Waals surface area contributed by atoms with Gasteiger partial charge in [0, 0.05) is 24.5 Å². The monoisotopic (exact) mass is 276 g/mol. The van der Waals surface area contributed by atoms with Crippen LogP contribution in [0.4, 0.5) is 20.2 Å². The van der Waals surface area contributed by atoms with Gasteiger partial charge >= 0.3 is 0 Å². The molecule has 0 aromatic heterocycles. The van der Waals surface area contributed by atoms with Crippen molar-refractivity contribution < 1.29 is 8.78 Å². The van der Waals surface area contributed by atoms with E-state index in [4.69, 9.17) is 5.73 Å². The van der Waals surface area contributed by atoms with E-state index < -0.39 is 0 Å². The highest BCUT2D eigenvalue weighted by molar-refractivity contribution is 5.65. The topological polar surface area (TPSA) is 29.3 Å². The van der Waals surface area contributed by atoms with Crippen LogP contribution >= 0.6 is 0 Å². The van der Waals surface area contributed by atoms with E-state index in [0.717, 1.165) is 16.9 Å². The third-order valence-corrected chi connectivity index (χ3v) is 3.16. The number of nitrogens with two attached hydrogens (primary N) is 1. The molecule has 0 fully saturated rings. The van der Waals surface area contributed by atoms with Crippen LogP contribution in [0, 0.1) is 11.6 Å². The summed E-state index contributed by atoms with van der Waals surface area (Å²) in [7, 11) is 1.87. The fourth-order valence-electron chi connectivity index (χ4n) is 2.20. The molecule has 0 aliphatic carbocycles. The van der Waals surface area contributed by atoms with Gasteiger partial charge in [0.1, 0.15) is 11.6 Å². The van der Waals surface area contributed by atoms with Gasteiger partial charge in [0.2, 0.25) is 0 Å². The van der Waals surface area contributed by atoms with Crippen molar-refractivity contribution in [1.82, 2.24) is 0 Å². The highest BCUT2D eigenvalue weighted by Gasteiger charge is 2.12. The van der Waals surface area contributed by atoms with Crippen molar-refractivity contribution in [2.24, 2.45) is 5.73 Å². The molecule has 2 N–H and O–H groups in total. The predicted molar refractivity (Wildman–Crippen MR) is 78.2 cm³/mol. The maximum atomic E-state index is 13.4.